The van der Waals surface area contributed by atoms with E-state index in [9.17, 15) is 0 Å². The van der Waals surface area contributed by atoms with E-state index in [1.54, 1.807) is 0 Å². The van der Waals surface area contributed by atoms with E-state index >= 15 is 0 Å². The molecule has 3 saturated heterocycles. The summed E-state index contributed by atoms with van der Waals surface area (Å²) in [5.74, 6) is 1.53. The lowest BCUT2D eigenvalue weighted by molar-refractivity contribution is -0.169. The molecule has 0 N–H and O–H groups in total. The van der Waals surface area contributed by atoms with Gasteiger partial charge in [0, 0.05) is 50.7 Å². The Morgan fingerprint density at radius 1 is 0.759 bits per heavy atom. The van der Waals surface area contributed by atoms with Gasteiger partial charge in [-0.15, -0.1) is 0 Å². The van der Waals surface area contributed by atoms with Crippen molar-refractivity contribution in [3.05, 3.63) is 36.4 Å². The van der Waals surface area contributed by atoms with E-state index in [4.69, 9.17) is 19.4 Å². The van der Waals surface area contributed by atoms with Crippen molar-refractivity contribution in [1.82, 2.24) is 9.97 Å². The van der Waals surface area contributed by atoms with E-state index < -0.39 is 0 Å². The van der Waals surface area contributed by atoms with E-state index in [0.717, 1.165) is 62.0 Å². The highest BCUT2D eigenvalue weighted by Gasteiger charge is 2.40. The molecular formula is C23H30N4O2. The van der Waals surface area contributed by atoms with Gasteiger partial charge in [-0.05, 0) is 12.8 Å². The van der Waals surface area contributed by atoms with E-state index in [-0.39, 0.29) is 5.79 Å². The molecule has 154 valence electrons. The topological polar surface area (TPSA) is 50.7 Å². The van der Waals surface area contributed by atoms with Gasteiger partial charge in [-0.3, -0.25) is 0 Å². The number of anilines is 2. The molecule has 3 fully saturated rings. The fourth-order valence-electron chi connectivity index (χ4n) is 4.62. The zero-order valence-electron chi connectivity index (χ0n) is 17.1. The smallest absolute Gasteiger partial charge is 0.227 e. The first kappa shape index (κ1) is 18.8. The summed E-state index contributed by atoms with van der Waals surface area (Å²) in [5.41, 5.74) is 2.15. The summed E-state index contributed by atoms with van der Waals surface area (Å²) in [6, 6.07) is 12.6. The van der Waals surface area contributed by atoms with Crippen LogP contribution < -0.4 is 9.80 Å². The molecular weight excluding hydrogens is 364 g/mol. The van der Waals surface area contributed by atoms with Crippen LogP contribution in [0.3, 0.4) is 0 Å². The zero-order valence-corrected chi connectivity index (χ0v) is 17.1. The fourth-order valence-corrected chi connectivity index (χ4v) is 4.62. The predicted molar refractivity (Wildman–Crippen MR) is 114 cm³/mol. The molecule has 29 heavy (non-hydrogen) atoms. The van der Waals surface area contributed by atoms with Crippen LogP contribution in [0.2, 0.25) is 0 Å². The number of piperidine rings is 1. The first-order valence-electron chi connectivity index (χ1n) is 11.0. The second-order valence-corrected chi connectivity index (χ2v) is 8.27. The highest BCUT2D eigenvalue weighted by atomic mass is 16.7. The molecule has 1 spiro atoms. The molecule has 0 radical (unpaired) electrons. The largest absolute Gasteiger partial charge is 0.356 e. The van der Waals surface area contributed by atoms with Gasteiger partial charge in [0.2, 0.25) is 5.95 Å². The Kier molecular flexibility index (Phi) is 5.38. The maximum atomic E-state index is 5.90. The first-order valence-corrected chi connectivity index (χ1v) is 11.0. The standard InChI is InChI=1S/C23H30N4O2/c1-2-7-13-27(12-6-1)22-24-20(19-8-4-3-5-9-19)18-21(25-22)26-14-10-23(11-15-26)28-16-17-29-23/h3-5,8-9,18H,1-2,6-7,10-17H2. The van der Waals surface area contributed by atoms with Crippen molar-refractivity contribution in [3.8, 4) is 11.3 Å². The lowest BCUT2D eigenvalue weighted by Gasteiger charge is -2.38. The molecule has 0 amide bonds. The molecule has 1 aromatic carbocycles. The maximum Gasteiger partial charge on any atom is 0.227 e. The third-order valence-electron chi connectivity index (χ3n) is 6.32. The zero-order chi connectivity index (χ0) is 19.5. The van der Waals surface area contributed by atoms with E-state index in [2.05, 4.69) is 40.1 Å². The molecule has 3 aliphatic rings. The second-order valence-electron chi connectivity index (χ2n) is 8.27. The number of aromatic nitrogens is 2. The Morgan fingerprint density at radius 3 is 2.14 bits per heavy atom. The van der Waals surface area contributed by atoms with Gasteiger partial charge in [-0.25, -0.2) is 4.98 Å². The van der Waals surface area contributed by atoms with Gasteiger partial charge < -0.3 is 19.3 Å². The van der Waals surface area contributed by atoms with Crippen LogP contribution in [0, 0.1) is 0 Å². The van der Waals surface area contributed by atoms with Crippen LogP contribution in [0.1, 0.15) is 38.5 Å². The van der Waals surface area contributed by atoms with Gasteiger partial charge in [-0.1, -0.05) is 43.2 Å². The molecule has 3 aliphatic heterocycles. The van der Waals surface area contributed by atoms with Crippen LogP contribution >= 0.6 is 0 Å². The number of hydrogen-bond acceptors (Lipinski definition) is 6. The van der Waals surface area contributed by atoms with Crippen molar-refractivity contribution in [2.45, 2.75) is 44.3 Å². The molecule has 0 unspecified atom stereocenters. The summed E-state index contributed by atoms with van der Waals surface area (Å²) < 4.78 is 11.8. The molecule has 6 heteroatoms. The second kappa shape index (κ2) is 8.28. The highest BCUT2D eigenvalue weighted by Crippen LogP contribution is 2.34. The van der Waals surface area contributed by atoms with Crippen LogP contribution in [-0.4, -0.2) is 55.1 Å². The van der Waals surface area contributed by atoms with Crippen LogP contribution in [0.5, 0.6) is 0 Å². The minimum Gasteiger partial charge on any atom is -0.356 e. The molecule has 0 bridgehead atoms. The minimum atomic E-state index is -0.362. The summed E-state index contributed by atoms with van der Waals surface area (Å²) in [6.07, 6.45) is 6.81. The average Bonchev–Trinajstić information content (AvgIpc) is 3.06. The molecule has 2 aromatic rings. The lowest BCUT2D eigenvalue weighted by Crippen LogP contribution is -2.45. The van der Waals surface area contributed by atoms with E-state index in [0.29, 0.717) is 13.2 Å². The van der Waals surface area contributed by atoms with E-state index in [1.807, 2.05) is 6.07 Å². The third-order valence-corrected chi connectivity index (χ3v) is 6.32. The van der Waals surface area contributed by atoms with Crippen molar-refractivity contribution in [2.24, 2.45) is 0 Å². The quantitative estimate of drug-likeness (QED) is 0.788. The summed E-state index contributed by atoms with van der Waals surface area (Å²) in [5, 5.41) is 0. The number of rotatable bonds is 3. The van der Waals surface area contributed by atoms with Crippen LogP contribution in [0.4, 0.5) is 11.8 Å². The van der Waals surface area contributed by atoms with Crippen molar-refractivity contribution in [2.75, 3.05) is 49.2 Å². The van der Waals surface area contributed by atoms with Gasteiger partial charge in [0.25, 0.3) is 0 Å². The minimum absolute atomic E-state index is 0.362. The fraction of sp³-hybridized carbons (Fsp3) is 0.565. The van der Waals surface area contributed by atoms with Gasteiger partial charge in [0.05, 0.1) is 18.9 Å². The average molecular weight is 395 g/mol. The van der Waals surface area contributed by atoms with Crippen molar-refractivity contribution >= 4 is 11.8 Å². The SMILES string of the molecule is c1ccc(-c2cc(N3CCC4(CC3)OCCO4)nc(N3CCCCCC3)n2)cc1. The highest BCUT2D eigenvalue weighted by molar-refractivity contribution is 5.65. The molecule has 6 nitrogen and oxygen atoms in total. The number of hydrogen-bond donors (Lipinski definition) is 0. The van der Waals surface area contributed by atoms with Crippen LogP contribution in [0.15, 0.2) is 36.4 Å². The van der Waals surface area contributed by atoms with Crippen molar-refractivity contribution in [3.63, 3.8) is 0 Å². The predicted octanol–water partition coefficient (Wildman–Crippen LogP) is 3.87. The monoisotopic (exact) mass is 394 g/mol. The van der Waals surface area contributed by atoms with Crippen LogP contribution in [-0.2, 0) is 9.47 Å². The Labute approximate surface area is 172 Å². The molecule has 5 rings (SSSR count). The first-order chi connectivity index (χ1) is 14.3. The van der Waals surface area contributed by atoms with Crippen molar-refractivity contribution in [1.29, 1.82) is 0 Å². The third kappa shape index (κ3) is 4.09. The normalized spacial score (nSPS) is 22.1. The summed E-state index contributed by atoms with van der Waals surface area (Å²) in [7, 11) is 0. The molecule has 1 aromatic heterocycles. The molecule has 4 heterocycles. The summed E-state index contributed by atoms with van der Waals surface area (Å²) >= 11 is 0. The Bertz CT molecular complexity index is 805. The summed E-state index contributed by atoms with van der Waals surface area (Å²) in [4.78, 5) is 14.7. The van der Waals surface area contributed by atoms with Gasteiger partial charge in [0.15, 0.2) is 5.79 Å². The summed E-state index contributed by atoms with van der Waals surface area (Å²) in [6.45, 7) is 5.30. The number of nitrogens with zero attached hydrogens (tertiary/aromatic N) is 4. The molecule has 0 atom stereocenters. The maximum absolute atomic E-state index is 5.90. The number of benzene rings is 1. The number of ether oxygens (including phenoxy) is 2. The van der Waals surface area contributed by atoms with Gasteiger partial charge in [-0.2, -0.15) is 4.98 Å². The lowest BCUT2D eigenvalue weighted by atomic mass is 10.0. The molecule has 0 aliphatic carbocycles. The Hall–Kier alpha value is -2.18. The Morgan fingerprint density at radius 2 is 1.45 bits per heavy atom. The van der Waals surface area contributed by atoms with Crippen molar-refractivity contribution < 1.29 is 9.47 Å². The van der Waals surface area contributed by atoms with Gasteiger partial charge in [0.1, 0.15) is 5.82 Å². The Balaban J connectivity index is 1.45. The van der Waals surface area contributed by atoms with E-state index in [1.165, 1.54) is 25.7 Å². The van der Waals surface area contributed by atoms with Gasteiger partial charge >= 0.3 is 0 Å². The molecule has 0 saturated carbocycles. The van der Waals surface area contributed by atoms with Crippen LogP contribution in [0.25, 0.3) is 11.3 Å².